The summed E-state index contributed by atoms with van der Waals surface area (Å²) in [5.41, 5.74) is -1.64. The lowest BCUT2D eigenvalue weighted by Gasteiger charge is -2.61. The van der Waals surface area contributed by atoms with E-state index in [1.807, 2.05) is 47.6 Å². The molecule has 1 spiro atoms. The maximum absolute atomic E-state index is 14.7. The number of hydrogen-bond donors (Lipinski definition) is 2. The lowest BCUT2D eigenvalue weighted by Crippen LogP contribution is -2.69. The zero-order valence-electron chi connectivity index (χ0n) is 23.4. The predicted molar refractivity (Wildman–Crippen MR) is 139 cm³/mol. The molecule has 1 saturated carbocycles. The van der Waals surface area contributed by atoms with E-state index in [9.17, 15) is 19.8 Å². The van der Waals surface area contributed by atoms with Gasteiger partial charge in [0.15, 0.2) is 17.0 Å². The van der Waals surface area contributed by atoms with Crippen molar-refractivity contribution in [3.05, 3.63) is 34.6 Å². The molecule has 5 nitrogen and oxygen atoms in total. The molecular weight excluding hydrogens is 440 g/mol. The van der Waals surface area contributed by atoms with Gasteiger partial charge in [0.25, 0.3) is 0 Å². The molecule has 3 rings (SSSR count). The number of fused-ring (bicyclic) bond motifs is 1. The first-order valence-electron chi connectivity index (χ1n) is 13.1. The molecule has 2 aliphatic carbocycles. The molecule has 2 bridgehead atoms. The van der Waals surface area contributed by atoms with Crippen molar-refractivity contribution in [1.82, 2.24) is 0 Å². The Hall–Kier alpha value is -1.72. The number of Topliss-reactive ketones (excluding diaryl/α,β-unsaturated/α-hetero) is 2. The van der Waals surface area contributed by atoms with Crippen LogP contribution in [0.3, 0.4) is 0 Å². The van der Waals surface area contributed by atoms with Crippen LogP contribution in [0, 0.1) is 28.1 Å². The van der Waals surface area contributed by atoms with Crippen LogP contribution >= 0.6 is 0 Å². The van der Waals surface area contributed by atoms with Crippen LogP contribution in [0.2, 0.25) is 0 Å². The van der Waals surface area contributed by atoms with Crippen LogP contribution in [0.5, 0.6) is 0 Å². The minimum absolute atomic E-state index is 0.0170. The summed E-state index contributed by atoms with van der Waals surface area (Å²) in [4.78, 5) is 28.9. The number of carbonyl (C=O) groups excluding carboxylic acids is 2. The van der Waals surface area contributed by atoms with E-state index < -0.39 is 40.0 Å². The molecule has 0 aromatic heterocycles. The number of rotatable bonds is 7. The van der Waals surface area contributed by atoms with Gasteiger partial charge in [-0.15, -0.1) is 0 Å². The third-order valence-electron chi connectivity index (χ3n) is 8.94. The molecule has 0 radical (unpaired) electrons. The fourth-order valence-corrected chi connectivity index (χ4v) is 6.80. The summed E-state index contributed by atoms with van der Waals surface area (Å²) in [7, 11) is 0. The molecule has 0 aromatic carbocycles. The van der Waals surface area contributed by atoms with Crippen molar-refractivity contribution in [2.75, 3.05) is 0 Å². The summed E-state index contributed by atoms with van der Waals surface area (Å²) >= 11 is 0. The van der Waals surface area contributed by atoms with Gasteiger partial charge in [-0.25, -0.2) is 0 Å². The van der Waals surface area contributed by atoms with Gasteiger partial charge >= 0.3 is 0 Å². The van der Waals surface area contributed by atoms with Crippen LogP contribution < -0.4 is 0 Å². The number of hydrogen-bond acceptors (Lipinski definition) is 5. The fraction of sp³-hybridized carbons (Fsp3) is 0.733. The predicted octanol–water partition coefficient (Wildman–Crippen LogP) is 6.27. The van der Waals surface area contributed by atoms with E-state index in [4.69, 9.17) is 4.74 Å². The first-order valence-corrected chi connectivity index (χ1v) is 13.1. The Bertz CT molecular complexity index is 981. The quantitative estimate of drug-likeness (QED) is 0.327. The lowest BCUT2D eigenvalue weighted by atomic mass is 9.39. The van der Waals surface area contributed by atoms with Crippen LogP contribution in [0.15, 0.2) is 34.6 Å². The molecule has 5 atom stereocenters. The third kappa shape index (κ3) is 4.07. The number of aliphatic hydroxyl groups is 2. The molecule has 1 saturated heterocycles. The van der Waals surface area contributed by atoms with E-state index in [1.54, 1.807) is 13.8 Å². The second-order valence-electron chi connectivity index (χ2n) is 13.1. The molecule has 0 aromatic rings. The zero-order chi connectivity index (χ0) is 26.7. The monoisotopic (exact) mass is 486 g/mol. The Balaban J connectivity index is 2.39. The highest BCUT2D eigenvalue weighted by Crippen LogP contribution is 2.69. The highest BCUT2D eigenvalue weighted by molar-refractivity contribution is 6.15. The molecule has 3 aliphatic rings. The van der Waals surface area contributed by atoms with Crippen LogP contribution in [0.1, 0.15) is 94.9 Å². The highest BCUT2D eigenvalue weighted by atomic mass is 16.5. The van der Waals surface area contributed by atoms with Gasteiger partial charge in [-0.2, -0.15) is 0 Å². The van der Waals surface area contributed by atoms with Gasteiger partial charge in [0.05, 0.1) is 23.2 Å². The summed E-state index contributed by atoms with van der Waals surface area (Å²) < 4.78 is 6.47. The standard InChI is InChI=1S/C30H46O5/c1-17(2)11-13-20-15-29-16-22(28(9,10)34)35-25(29)21(14-12-18(3)4)24(32)30(26(29)33,27(20,7)8)23(31)19(5)6/h11-12,19-20,22,25,32,34H,13-16H2,1-10H3/t20-,22-,25?,29-,30-/m0/s1. The molecule has 1 unspecified atom stereocenters. The van der Waals surface area contributed by atoms with Crippen LogP contribution in [0.25, 0.3) is 0 Å². The van der Waals surface area contributed by atoms with Gasteiger partial charge in [0, 0.05) is 11.5 Å². The number of ether oxygens (including phenoxy) is 1. The average molecular weight is 487 g/mol. The number of ketones is 2. The summed E-state index contributed by atoms with van der Waals surface area (Å²) in [5, 5.41) is 23.0. The molecule has 5 heteroatoms. The fourth-order valence-electron chi connectivity index (χ4n) is 6.80. The normalized spacial score (nSPS) is 34.1. The minimum Gasteiger partial charge on any atom is -0.511 e. The van der Waals surface area contributed by atoms with Crippen molar-refractivity contribution < 1.29 is 24.5 Å². The smallest absolute Gasteiger partial charge is 0.163 e. The Morgan fingerprint density at radius 2 is 1.69 bits per heavy atom. The van der Waals surface area contributed by atoms with Crippen LogP contribution in [0.4, 0.5) is 0 Å². The van der Waals surface area contributed by atoms with Crippen LogP contribution in [-0.4, -0.2) is 39.6 Å². The number of aliphatic hydroxyl groups excluding tert-OH is 1. The molecule has 0 amide bonds. The molecule has 1 aliphatic heterocycles. The number of carbonyl (C=O) groups is 2. The largest absolute Gasteiger partial charge is 0.511 e. The lowest BCUT2D eigenvalue weighted by molar-refractivity contribution is -0.178. The highest BCUT2D eigenvalue weighted by Gasteiger charge is 2.77. The van der Waals surface area contributed by atoms with Gasteiger partial charge in [-0.3, -0.25) is 9.59 Å². The van der Waals surface area contributed by atoms with E-state index in [1.165, 1.54) is 5.57 Å². The van der Waals surface area contributed by atoms with Crippen molar-refractivity contribution >= 4 is 11.6 Å². The Kier molecular flexibility index (Phi) is 7.15. The molecule has 196 valence electrons. The molecular formula is C30H46O5. The summed E-state index contributed by atoms with van der Waals surface area (Å²) in [6.45, 7) is 19.1. The SMILES string of the molecule is CC(C)=CCC1=C(O)[C@@]2(C(=O)C(C)C)C(=O)[C@@]3(C[C@H](CC=C(C)C)C2(C)C)C[C@@H](C(C)(C)O)OC13. The second-order valence-corrected chi connectivity index (χ2v) is 13.1. The van der Waals surface area contributed by atoms with E-state index in [0.29, 0.717) is 31.3 Å². The van der Waals surface area contributed by atoms with Crippen molar-refractivity contribution in [2.24, 2.45) is 28.1 Å². The Morgan fingerprint density at radius 1 is 1.11 bits per heavy atom. The maximum atomic E-state index is 14.7. The van der Waals surface area contributed by atoms with Crippen molar-refractivity contribution in [3.63, 3.8) is 0 Å². The van der Waals surface area contributed by atoms with Crippen molar-refractivity contribution in [1.29, 1.82) is 0 Å². The molecule has 2 N–H and O–H groups in total. The minimum atomic E-state index is -1.63. The van der Waals surface area contributed by atoms with Crippen LogP contribution in [-0.2, 0) is 14.3 Å². The van der Waals surface area contributed by atoms with Gasteiger partial charge in [0.2, 0.25) is 0 Å². The molecule has 1 heterocycles. The maximum Gasteiger partial charge on any atom is 0.163 e. The topological polar surface area (TPSA) is 83.8 Å². The van der Waals surface area contributed by atoms with E-state index in [2.05, 4.69) is 19.9 Å². The van der Waals surface area contributed by atoms with E-state index >= 15 is 0 Å². The summed E-state index contributed by atoms with van der Waals surface area (Å²) in [5.74, 6) is -0.976. The Labute approximate surface area is 211 Å². The van der Waals surface area contributed by atoms with Gasteiger partial charge < -0.3 is 14.9 Å². The van der Waals surface area contributed by atoms with Crippen molar-refractivity contribution in [2.45, 2.75) is 113 Å². The molecule has 35 heavy (non-hydrogen) atoms. The summed E-state index contributed by atoms with van der Waals surface area (Å²) in [6.07, 6.45) is 5.01. The summed E-state index contributed by atoms with van der Waals surface area (Å²) in [6, 6.07) is 0. The number of allylic oxidation sites excluding steroid dienone is 5. The van der Waals surface area contributed by atoms with E-state index in [-0.39, 0.29) is 23.2 Å². The van der Waals surface area contributed by atoms with Crippen molar-refractivity contribution in [3.8, 4) is 0 Å². The third-order valence-corrected chi connectivity index (χ3v) is 8.94. The zero-order valence-corrected chi connectivity index (χ0v) is 23.4. The first kappa shape index (κ1) is 27.9. The van der Waals surface area contributed by atoms with E-state index in [0.717, 1.165) is 5.57 Å². The second kappa shape index (κ2) is 8.99. The van der Waals surface area contributed by atoms with Gasteiger partial charge in [-0.1, -0.05) is 51.0 Å². The van der Waals surface area contributed by atoms with Gasteiger partial charge in [-0.05, 0) is 78.6 Å². The molecule has 2 fully saturated rings. The first-order chi connectivity index (χ1) is 15.9. The Morgan fingerprint density at radius 3 is 2.17 bits per heavy atom. The average Bonchev–Trinajstić information content (AvgIpc) is 3.10. The van der Waals surface area contributed by atoms with Gasteiger partial charge in [0.1, 0.15) is 5.76 Å².